The van der Waals surface area contributed by atoms with Crippen molar-refractivity contribution in [3.05, 3.63) is 28.2 Å². The van der Waals surface area contributed by atoms with E-state index in [1.54, 1.807) is 0 Å². The first-order valence-corrected chi connectivity index (χ1v) is 8.23. The van der Waals surface area contributed by atoms with Crippen molar-refractivity contribution >= 4 is 34.2 Å². The van der Waals surface area contributed by atoms with E-state index in [1.165, 1.54) is 0 Å². The number of carbonyl (C=O) groups is 1. The largest absolute Gasteiger partial charge is 0.490 e. The molecule has 0 spiro atoms. The Morgan fingerprint density at radius 1 is 1.45 bits per heavy atom. The van der Waals surface area contributed by atoms with Crippen molar-refractivity contribution in [1.82, 2.24) is 10.2 Å². The molecule has 124 valence electrons. The second-order valence-electron chi connectivity index (χ2n) is 5.69. The molecule has 0 saturated carbocycles. The number of hydrogen-bond acceptors (Lipinski definition) is 3. The van der Waals surface area contributed by atoms with Crippen LogP contribution >= 0.6 is 28.3 Å². The summed E-state index contributed by atoms with van der Waals surface area (Å²) in [6.07, 6.45) is 2.20. The zero-order chi connectivity index (χ0) is 15.4. The SMILES string of the molecule is CNC1CCCN(C(=O)c2ccc(Br)cc2OC(C)C)C1.Cl. The molecule has 1 unspecified atom stereocenters. The highest BCUT2D eigenvalue weighted by molar-refractivity contribution is 9.10. The summed E-state index contributed by atoms with van der Waals surface area (Å²) in [6.45, 7) is 5.50. The van der Waals surface area contributed by atoms with Gasteiger partial charge in [-0.15, -0.1) is 12.4 Å². The number of nitrogens with one attached hydrogen (secondary N) is 1. The second kappa shape index (κ2) is 8.75. The number of halogens is 2. The number of piperidine rings is 1. The number of rotatable bonds is 4. The molecule has 0 aliphatic carbocycles. The molecule has 2 rings (SSSR count). The second-order valence-corrected chi connectivity index (χ2v) is 6.60. The number of ether oxygens (including phenoxy) is 1. The van der Waals surface area contributed by atoms with E-state index in [2.05, 4.69) is 21.2 Å². The first-order chi connectivity index (χ1) is 10.0. The molecule has 0 bridgehead atoms. The van der Waals surface area contributed by atoms with Gasteiger partial charge in [0, 0.05) is 23.6 Å². The Bertz CT molecular complexity index is 511. The van der Waals surface area contributed by atoms with E-state index < -0.39 is 0 Å². The molecule has 22 heavy (non-hydrogen) atoms. The molecule has 0 radical (unpaired) electrons. The van der Waals surface area contributed by atoms with Gasteiger partial charge in [-0.3, -0.25) is 4.79 Å². The van der Waals surface area contributed by atoms with Crippen LogP contribution in [0.1, 0.15) is 37.0 Å². The summed E-state index contributed by atoms with van der Waals surface area (Å²) >= 11 is 3.44. The first kappa shape index (κ1) is 19.3. The number of amides is 1. The van der Waals surface area contributed by atoms with Gasteiger partial charge in [-0.1, -0.05) is 15.9 Å². The zero-order valence-corrected chi connectivity index (χ0v) is 15.7. The molecule has 1 amide bonds. The van der Waals surface area contributed by atoms with E-state index in [-0.39, 0.29) is 24.4 Å². The summed E-state index contributed by atoms with van der Waals surface area (Å²) < 4.78 is 6.72. The minimum absolute atomic E-state index is 0. The van der Waals surface area contributed by atoms with E-state index in [1.807, 2.05) is 44.0 Å². The smallest absolute Gasteiger partial charge is 0.257 e. The summed E-state index contributed by atoms with van der Waals surface area (Å²) in [5.74, 6) is 0.703. The lowest BCUT2D eigenvalue weighted by Crippen LogP contribution is -2.47. The molecule has 4 nitrogen and oxygen atoms in total. The van der Waals surface area contributed by atoms with Crippen molar-refractivity contribution in [2.75, 3.05) is 20.1 Å². The third-order valence-corrected chi connectivity index (χ3v) is 4.15. The fraction of sp³-hybridized carbons (Fsp3) is 0.562. The number of likely N-dealkylation sites (N-methyl/N-ethyl adjacent to an activating group) is 1. The predicted octanol–water partition coefficient (Wildman–Crippen LogP) is 3.48. The highest BCUT2D eigenvalue weighted by Gasteiger charge is 2.25. The van der Waals surface area contributed by atoms with E-state index >= 15 is 0 Å². The van der Waals surface area contributed by atoms with Gasteiger partial charge in [0.05, 0.1) is 11.7 Å². The topological polar surface area (TPSA) is 41.6 Å². The van der Waals surface area contributed by atoms with Crippen LogP contribution in [0.5, 0.6) is 5.75 Å². The molecule has 1 aliphatic rings. The van der Waals surface area contributed by atoms with Gasteiger partial charge in [0.15, 0.2) is 0 Å². The van der Waals surface area contributed by atoms with Crippen LogP contribution in [0.2, 0.25) is 0 Å². The van der Waals surface area contributed by atoms with Crippen LogP contribution in [0.4, 0.5) is 0 Å². The number of likely N-dealkylation sites (tertiary alicyclic amines) is 1. The first-order valence-electron chi connectivity index (χ1n) is 7.44. The van der Waals surface area contributed by atoms with Crippen LogP contribution in [0.15, 0.2) is 22.7 Å². The van der Waals surface area contributed by atoms with Gasteiger partial charge >= 0.3 is 0 Å². The molecule has 0 aromatic heterocycles. The molecule has 1 aromatic carbocycles. The Hall–Kier alpha value is -0.780. The normalized spacial score (nSPS) is 18.0. The van der Waals surface area contributed by atoms with Gasteiger partial charge < -0.3 is 15.0 Å². The average molecular weight is 392 g/mol. The third-order valence-electron chi connectivity index (χ3n) is 3.65. The number of hydrogen-bond donors (Lipinski definition) is 1. The quantitative estimate of drug-likeness (QED) is 0.854. The molecular weight excluding hydrogens is 368 g/mol. The number of benzene rings is 1. The van der Waals surface area contributed by atoms with E-state index in [9.17, 15) is 4.79 Å². The molecule has 1 aliphatic heterocycles. The Morgan fingerprint density at radius 2 is 2.18 bits per heavy atom. The summed E-state index contributed by atoms with van der Waals surface area (Å²) in [7, 11) is 1.95. The molecule has 1 atom stereocenters. The number of nitrogens with zero attached hydrogens (tertiary/aromatic N) is 1. The Kier molecular flexibility index (Phi) is 7.66. The zero-order valence-electron chi connectivity index (χ0n) is 13.3. The average Bonchev–Trinajstić information content (AvgIpc) is 2.46. The summed E-state index contributed by atoms with van der Waals surface area (Å²) in [4.78, 5) is 14.7. The highest BCUT2D eigenvalue weighted by Crippen LogP contribution is 2.27. The van der Waals surface area contributed by atoms with Crippen LogP contribution in [0, 0.1) is 0 Å². The van der Waals surface area contributed by atoms with Crippen LogP contribution in [0.25, 0.3) is 0 Å². The fourth-order valence-corrected chi connectivity index (χ4v) is 2.93. The van der Waals surface area contributed by atoms with Crippen molar-refractivity contribution in [3.63, 3.8) is 0 Å². The number of carbonyl (C=O) groups excluding carboxylic acids is 1. The maximum atomic E-state index is 12.8. The lowest BCUT2D eigenvalue weighted by Gasteiger charge is -2.33. The lowest BCUT2D eigenvalue weighted by molar-refractivity contribution is 0.0692. The summed E-state index contributed by atoms with van der Waals surface area (Å²) in [5.41, 5.74) is 0.642. The van der Waals surface area contributed by atoms with Crippen molar-refractivity contribution < 1.29 is 9.53 Å². The molecular formula is C16H24BrClN2O2. The van der Waals surface area contributed by atoms with Gasteiger partial charge in [0.2, 0.25) is 0 Å². The lowest BCUT2D eigenvalue weighted by atomic mass is 10.0. The third kappa shape index (κ3) is 4.86. The van der Waals surface area contributed by atoms with Crippen LogP contribution in [0.3, 0.4) is 0 Å². The summed E-state index contributed by atoms with van der Waals surface area (Å²) in [5, 5.41) is 3.26. The van der Waals surface area contributed by atoms with E-state index in [4.69, 9.17) is 4.74 Å². The Labute approximate surface area is 147 Å². The standard InChI is InChI=1S/C16H23BrN2O2.ClH/c1-11(2)21-15-9-12(17)6-7-14(15)16(20)19-8-4-5-13(10-19)18-3;/h6-7,9,11,13,18H,4-5,8,10H2,1-3H3;1H. The highest BCUT2D eigenvalue weighted by atomic mass is 79.9. The van der Waals surface area contributed by atoms with Crippen molar-refractivity contribution in [1.29, 1.82) is 0 Å². The van der Waals surface area contributed by atoms with Gasteiger partial charge in [0.1, 0.15) is 5.75 Å². The van der Waals surface area contributed by atoms with E-state index in [0.717, 1.165) is 30.4 Å². The Morgan fingerprint density at radius 3 is 2.82 bits per heavy atom. The Balaban J connectivity index is 0.00000242. The monoisotopic (exact) mass is 390 g/mol. The van der Waals surface area contributed by atoms with Crippen molar-refractivity contribution in [2.45, 2.75) is 38.8 Å². The van der Waals surface area contributed by atoms with Gasteiger partial charge in [-0.05, 0) is 51.9 Å². The molecule has 1 heterocycles. The van der Waals surface area contributed by atoms with Crippen molar-refractivity contribution in [2.24, 2.45) is 0 Å². The maximum Gasteiger partial charge on any atom is 0.257 e. The predicted molar refractivity (Wildman–Crippen MR) is 95.1 cm³/mol. The van der Waals surface area contributed by atoms with Crippen molar-refractivity contribution in [3.8, 4) is 5.75 Å². The van der Waals surface area contributed by atoms with E-state index in [0.29, 0.717) is 17.4 Å². The fourth-order valence-electron chi connectivity index (χ4n) is 2.59. The van der Waals surface area contributed by atoms with Crippen LogP contribution in [-0.2, 0) is 0 Å². The molecule has 6 heteroatoms. The molecule has 1 N–H and O–H groups in total. The molecule has 1 saturated heterocycles. The molecule has 1 fully saturated rings. The summed E-state index contributed by atoms with van der Waals surface area (Å²) in [6, 6.07) is 5.98. The molecule has 1 aromatic rings. The van der Waals surface area contributed by atoms with Crippen LogP contribution < -0.4 is 10.1 Å². The minimum atomic E-state index is 0. The van der Waals surface area contributed by atoms with Gasteiger partial charge in [0.25, 0.3) is 5.91 Å². The van der Waals surface area contributed by atoms with Crippen LogP contribution in [-0.4, -0.2) is 43.1 Å². The van der Waals surface area contributed by atoms with Gasteiger partial charge in [-0.25, -0.2) is 0 Å². The minimum Gasteiger partial charge on any atom is -0.490 e. The van der Waals surface area contributed by atoms with Gasteiger partial charge in [-0.2, -0.15) is 0 Å². The maximum absolute atomic E-state index is 12.8.